The maximum atomic E-state index is 12.7. The van der Waals surface area contributed by atoms with Crippen molar-refractivity contribution in [3.8, 4) is 11.4 Å². The molecule has 0 fully saturated rings. The second-order valence-corrected chi connectivity index (χ2v) is 8.49. The largest absolute Gasteiger partial charge is 0.361 e. The molecule has 0 saturated carbocycles. The molecule has 5 rings (SSSR count). The van der Waals surface area contributed by atoms with E-state index in [0.29, 0.717) is 31.1 Å². The fourth-order valence-corrected chi connectivity index (χ4v) is 4.55. The highest BCUT2D eigenvalue weighted by Gasteiger charge is 2.21. The minimum absolute atomic E-state index is 0.0267. The lowest BCUT2D eigenvalue weighted by atomic mass is 9.99. The van der Waals surface area contributed by atoms with Gasteiger partial charge in [0.25, 0.3) is 5.56 Å². The Hall–Kier alpha value is -3.67. The summed E-state index contributed by atoms with van der Waals surface area (Å²) in [5.74, 6) is 0.981. The number of fused-ring (bicyclic) bond motifs is 2. The molecule has 2 heterocycles. The summed E-state index contributed by atoms with van der Waals surface area (Å²) < 4.78 is 0. The zero-order valence-corrected chi connectivity index (χ0v) is 17.9. The summed E-state index contributed by atoms with van der Waals surface area (Å²) in [4.78, 5) is 36.2. The zero-order valence-electron chi connectivity index (χ0n) is 17.9. The van der Waals surface area contributed by atoms with E-state index in [9.17, 15) is 9.59 Å². The van der Waals surface area contributed by atoms with E-state index < -0.39 is 0 Å². The van der Waals surface area contributed by atoms with Gasteiger partial charge in [-0.25, -0.2) is 4.98 Å². The molecule has 0 aliphatic heterocycles. The molecule has 1 amide bonds. The van der Waals surface area contributed by atoms with Crippen LogP contribution in [-0.4, -0.2) is 27.4 Å². The Morgan fingerprint density at radius 2 is 1.81 bits per heavy atom. The lowest BCUT2D eigenvalue weighted by Crippen LogP contribution is -2.30. The molecule has 0 spiro atoms. The molecule has 3 N–H and O–H groups in total. The van der Waals surface area contributed by atoms with Gasteiger partial charge in [0.1, 0.15) is 5.82 Å². The van der Waals surface area contributed by atoms with E-state index in [1.165, 1.54) is 0 Å². The summed E-state index contributed by atoms with van der Waals surface area (Å²) in [6.45, 7) is 0.624. The molecule has 6 nitrogen and oxygen atoms in total. The number of nitrogens with one attached hydrogen (secondary N) is 3. The molecule has 6 heteroatoms. The summed E-state index contributed by atoms with van der Waals surface area (Å²) in [6.07, 6.45) is 5.49. The molecule has 0 saturated heterocycles. The number of amides is 1. The van der Waals surface area contributed by atoms with Crippen LogP contribution in [0.15, 0.2) is 65.6 Å². The van der Waals surface area contributed by atoms with Crippen molar-refractivity contribution in [3.05, 3.63) is 88.0 Å². The van der Waals surface area contributed by atoms with Crippen molar-refractivity contribution in [1.29, 1.82) is 0 Å². The maximum Gasteiger partial charge on any atom is 0.254 e. The van der Waals surface area contributed by atoms with Gasteiger partial charge in [0, 0.05) is 34.8 Å². The Morgan fingerprint density at radius 1 is 1.03 bits per heavy atom. The van der Waals surface area contributed by atoms with Gasteiger partial charge >= 0.3 is 0 Å². The van der Waals surface area contributed by atoms with E-state index in [0.717, 1.165) is 52.5 Å². The van der Waals surface area contributed by atoms with Gasteiger partial charge in [0.15, 0.2) is 0 Å². The first-order valence-corrected chi connectivity index (χ1v) is 11.2. The number of hydrogen-bond acceptors (Lipinski definition) is 3. The van der Waals surface area contributed by atoms with Gasteiger partial charge in [-0.2, -0.15) is 0 Å². The summed E-state index contributed by atoms with van der Waals surface area (Å²) >= 11 is 0. The first kappa shape index (κ1) is 20.2. The first-order valence-electron chi connectivity index (χ1n) is 11.2. The van der Waals surface area contributed by atoms with Crippen LogP contribution in [0.2, 0.25) is 0 Å². The number of hydrogen-bond donors (Lipinski definition) is 3. The van der Waals surface area contributed by atoms with Crippen LogP contribution in [0.5, 0.6) is 0 Å². The number of carbonyl (C=O) groups excluding carboxylic acids is 1. The lowest BCUT2D eigenvalue weighted by Gasteiger charge is -2.14. The fraction of sp³-hybridized carbons (Fsp3) is 0.269. The molecule has 32 heavy (non-hydrogen) atoms. The van der Waals surface area contributed by atoms with E-state index in [2.05, 4.69) is 15.3 Å². The van der Waals surface area contributed by atoms with Crippen LogP contribution in [0.4, 0.5) is 0 Å². The molecule has 4 aromatic rings. The van der Waals surface area contributed by atoms with Gasteiger partial charge in [-0.3, -0.25) is 9.59 Å². The SMILES string of the molecule is O=C(Cc1c[nH]c2ccccc12)NCC1CCc2nc(-c3ccccc3)[nH]c(=O)c2CC1. The Labute approximate surface area is 186 Å². The van der Waals surface area contributed by atoms with Gasteiger partial charge in [-0.05, 0) is 43.2 Å². The highest BCUT2D eigenvalue weighted by molar-refractivity contribution is 5.88. The summed E-state index contributed by atoms with van der Waals surface area (Å²) in [7, 11) is 0. The van der Waals surface area contributed by atoms with Crippen LogP contribution in [0.3, 0.4) is 0 Å². The van der Waals surface area contributed by atoms with Crippen molar-refractivity contribution >= 4 is 16.8 Å². The molecular weight excluding hydrogens is 400 g/mol. The predicted octanol–water partition coefficient (Wildman–Crippen LogP) is 3.77. The standard InChI is InChI=1S/C26H26N4O2/c31-24(14-19-16-27-22-9-5-4-8-20(19)22)28-15-17-10-12-21-23(13-11-17)29-25(30-26(21)32)18-6-2-1-3-7-18/h1-9,16-17,27H,10-15H2,(H,28,31)(H,29,30,32). The molecule has 0 radical (unpaired) electrons. The normalized spacial score (nSPS) is 15.8. The fourth-order valence-electron chi connectivity index (χ4n) is 4.55. The highest BCUT2D eigenvalue weighted by Crippen LogP contribution is 2.23. The topological polar surface area (TPSA) is 90.6 Å². The second-order valence-electron chi connectivity index (χ2n) is 8.49. The smallest absolute Gasteiger partial charge is 0.254 e. The molecule has 1 unspecified atom stereocenters. The Balaban J connectivity index is 1.22. The van der Waals surface area contributed by atoms with Crippen LogP contribution >= 0.6 is 0 Å². The second kappa shape index (κ2) is 8.83. The Morgan fingerprint density at radius 3 is 2.69 bits per heavy atom. The minimum Gasteiger partial charge on any atom is -0.361 e. The Kier molecular flexibility index (Phi) is 5.58. The number of aromatic amines is 2. The van der Waals surface area contributed by atoms with Crippen molar-refractivity contribution in [3.63, 3.8) is 0 Å². The monoisotopic (exact) mass is 426 g/mol. The number of aryl methyl sites for hydroxylation is 1. The van der Waals surface area contributed by atoms with Crippen LogP contribution in [0.25, 0.3) is 22.3 Å². The molecule has 162 valence electrons. The van der Waals surface area contributed by atoms with Gasteiger partial charge in [0.2, 0.25) is 5.91 Å². The van der Waals surface area contributed by atoms with Crippen LogP contribution in [-0.2, 0) is 24.1 Å². The number of nitrogens with zero attached hydrogens (tertiary/aromatic N) is 1. The molecule has 1 aliphatic carbocycles. The van der Waals surface area contributed by atoms with E-state index in [-0.39, 0.29) is 11.5 Å². The van der Waals surface area contributed by atoms with E-state index >= 15 is 0 Å². The molecule has 2 aromatic carbocycles. The van der Waals surface area contributed by atoms with Gasteiger partial charge in [-0.15, -0.1) is 0 Å². The van der Waals surface area contributed by atoms with Crippen LogP contribution in [0, 0.1) is 5.92 Å². The Bertz CT molecular complexity index is 1310. The third-order valence-corrected chi connectivity index (χ3v) is 6.35. The molecular formula is C26H26N4O2. The third-order valence-electron chi connectivity index (χ3n) is 6.35. The van der Waals surface area contributed by atoms with Crippen LogP contribution in [0.1, 0.15) is 29.7 Å². The third kappa shape index (κ3) is 4.21. The highest BCUT2D eigenvalue weighted by atomic mass is 16.1. The average Bonchev–Trinajstić information content (AvgIpc) is 3.10. The molecule has 0 bridgehead atoms. The quantitative estimate of drug-likeness (QED) is 0.424. The van der Waals surface area contributed by atoms with E-state index in [1.54, 1.807) is 0 Å². The van der Waals surface area contributed by atoms with E-state index in [1.807, 2.05) is 60.8 Å². The summed E-state index contributed by atoms with van der Waals surface area (Å²) in [5, 5.41) is 4.19. The summed E-state index contributed by atoms with van der Waals surface area (Å²) in [6, 6.07) is 17.7. The average molecular weight is 427 g/mol. The number of aromatic nitrogens is 3. The lowest BCUT2D eigenvalue weighted by molar-refractivity contribution is -0.120. The van der Waals surface area contributed by atoms with Gasteiger partial charge in [0.05, 0.1) is 12.1 Å². The first-order chi connectivity index (χ1) is 15.7. The molecule has 2 aromatic heterocycles. The zero-order chi connectivity index (χ0) is 21.9. The number of rotatable bonds is 5. The van der Waals surface area contributed by atoms with Crippen molar-refractivity contribution in [2.75, 3.05) is 6.54 Å². The number of benzene rings is 2. The summed E-state index contributed by atoms with van der Waals surface area (Å²) in [5.41, 5.74) is 4.60. The number of H-pyrrole nitrogens is 2. The number of para-hydroxylation sites is 1. The van der Waals surface area contributed by atoms with Crippen LogP contribution < -0.4 is 10.9 Å². The minimum atomic E-state index is -0.0436. The maximum absolute atomic E-state index is 12.7. The number of carbonyl (C=O) groups is 1. The van der Waals surface area contributed by atoms with E-state index in [4.69, 9.17) is 4.98 Å². The van der Waals surface area contributed by atoms with Crippen molar-refractivity contribution in [1.82, 2.24) is 20.3 Å². The predicted molar refractivity (Wildman–Crippen MR) is 125 cm³/mol. The van der Waals surface area contributed by atoms with Crippen molar-refractivity contribution in [2.45, 2.75) is 32.1 Å². The van der Waals surface area contributed by atoms with Crippen molar-refractivity contribution in [2.24, 2.45) is 5.92 Å². The van der Waals surface area contributed by atoms with Crippen molar-refractivity contribution < 1.29 is 4.79 Å². The van der Waals surface area contributed by atoms with Gasteiger partial charge < -0.3 is 15.3 Å². The van der Waals surface area contributed by atoms with Gasteiger partial charge in [-0.1, -0.05) is 48.5 Å². The molecule has 1 aliphatic rings. The molecule has 1 atom stereocenters.